The van der Waals surface area contributed by atoms with Gasteiger partial charge in [-0.15, -0.1) is 25.6 Å². The summed E-state index contributed by atoms with van der Waals surface area (Å²) in [6.07, 6.45) is 0. The third-order valence-corrected chi connectivity index (χ3v) is 16.7. The van der Waals surface area contributed by atoms with Gasteiger partial charge >= 0.3 is 20.8 Å². The summed E-state index contributed by atoms with van der Waals surface area (Å²) in [5, 5.41) is 21.6. The third-order valence-electron chi connectivity index (χ3n) is 8.90. The van der Waals surface area contributed by atoms with Gasteiger partial charge in [-0.2, -0.15) is 55.6 Å². The number of nitrogens with two attached hydrogens (primary N) is 2. The summed E-state index contributed by atoms with van der Waals surface area (Å²) >= 11 is 0. The van der Waals surface area contributed by atoms with Crippen LogP contribution in [-0.4, -0.2) is 119 Å². The number of hydrogen-bond acceptors (Lipinski definition) is 26. The summed E-state index contributed by atoms with van der Waals surface area (Å²) in [4.78, 5) is -6.05. The molecule has 0 saturated heterocycles. The molecular weight excluding hydrogens is 1140 g/mol. The van der Waals surface area contributed by atoms with E-state index in [2.05, 4.69) is 39.1 Å². The van der Waals surface area contributed by atoms with Gasteiger partial charge in [0.1, 0.15) is 48.0 Å². The van der Waals surface area contributed by atoms with Crippen molar-refractivity contribution in [3.63, 3.8) is 0 Å². The van der Waals surface area contributed by atoms with Crippen molar-refractivity contribution in [3.8, 4) is 0 Å². The summed E-state index contributed by atoms with van der Waals surface area (Å²) in [7, 11) is -40.6. The van der Waals surface area contributed by atoms with E-state index in [1.807, 2.05) is 0 Å². The summed E-state index contributed by atoms with van der Waals surface area (Å²) < 4.78 is 259. The molecule has 0 atom stereocenters. The number of hydrogen-bond donors (Lipinski definition) is 8. The van der Waals surface area contributed by atoms with E-state index in [4.69, 9.17) is 20.6 Å². The molecule has 0 aromatic heterocycles. The van der Waals surface area contributed by atoms with Crippen molar-refractivity contribution in [2.75, 3.05) is 36.2 Å². The second-order valence-corrected chi connectivity index (χ2v) is 25.7. The van der Waals surface area contributed by atoms with E-state index in [9.17, 15) is 85.6 Å². The van der Waals surface area contributed by atoms with Crippen molar-refractivity contribution in [1.82, 2.24) is 0 Å². The molecule has 5 rings (SSSR count). The lowest BCUT2D eigenvalue weighted by atomic mass is 10.1. The van der Waals surface area contributed by atoms with Crippen LogP contribution in [0.1, 0.15) is 0 Å². The number of rotatable bonds is 20. The fourth-order valence-electron chi connectivity index (χ4n) is 5.76. The van der Waals surface area contributed by atoms with E-state index in [0.29, 0.717) is 42.5 Å². The molecule has 5 aromatic rings. The molecule has 0 aliphatic rings. The molecule has 5 aromatic carbocycles. The van der Waals surface area contributed by atoms with Gasteiger partial charge in [-0.1, -0.05) is 12.1 Å². The maximum absolute atomic E-state index is 12.8. The molecular formula is C32H30N8O24S8. The van der Waals surface area contributed by atoms with Gasteiger partial charge in [-0.25, -0.2) is 25.2 Å². The van der Waals surface area contributed by atoms with E-state index < -0.39 is 191 Å². The Labute approximate surface area is 406 Å². The van der Waals surface area contributed by atoms with Gasteiger partial charge in [0, 0.05) is 10.8 Å². The minimum Gasteiger partial charge on any atom is -0.395 e. The molecule has 32 nitrogen and oxygen atoms in total. The highest BCUT2D eigenvalue weighted by atomic mass is 32.3. The minimum atomic E-state index is -5.42. The molecule has 0 heterocycles. The monoisotopic (exact) mass is 1170 g/mol. The van der Waals surface area contributed by atoms with Crippen LogP contribution >= 0.6 is 0 Å². The predicted molar refractivity (Wildman–Crippen MR) is 243 cm³/mol. The van der Waals surface area contributed by atoms with Gasteiger partial charge in [0.05, 0.1) is 51.6 Å². The maximum atomic E-state index is 12.8. The number of nitrogen functional groups attached to an aromatic ring is 2. The lowest BCUT2D eigenvalue weighted by Gasteiger charge is -2.11. The standard InChI is InChI=1S/C32H30N8O24S8/c33-30-24(38-36-22-6-4-18(14-28(22)69(51,52)53)65(41,42)10-8-63-71(57,58)59)16-25(39-37-23-7-5-19(15-29(23)70(54,55)56)66(43,44)11-9-64-72(60,61)62)31(34)32(30)40-35-17-12-21-20(27(13-17)68(48,49)50)2-1-3-26(21)67(45,46)47/h1-7,12-16H,8-11,33-34H2,(H,45,46,47)(H,48,49,50)(H,51,52,53)(H,54,55,56)(H,57,58,59)(H,60,61,62). The largest absolute Gasteiger partial charge is 0.397 e. The Bertz CT molecular complexity index is 3910. The van der Waals surface area contributed by atoms with Gasteiger partial charge < -0.3 is 11.5 Å². The van der Waals surface area contributed by atoms with E-state index >= 15 is 0 Å². The van der Waals surface area contributed by atoms with E-state index in [1.54, 1.807) is 0 Å². The molecule has 0 aliphatic heterocycles. The fraction of sp³-hybridized carbons (Fsp3) is 0.125. The van der Waals surface area contributed by atoms with Gasteiger partial charge in [0.25, 0.3) is 40.5 Å². The summed E-state index contributed by atoms with van der Waals surface area (Å²) in [5.41, 5.74) is 6.78. The normalized spacial score (nSPS) is 13.8. The first-order chi connectivity index (χ1) is 32.8. The number of nitrogens with zero attached hydrogens (tertiary/aromatic N) is 6. The Balaban J connectivity index is 1.73. The summed E-state index contributed by atoms with van der Waals surface area (Å²) in [6.45, 7) is -2.29. The highest BCUT2D eigenvalue weighted by molar-refractivity contribution is 7.92. The number of azo groups is 3. The molecule has 40 heteroatoms. The predicted octanol–water partition coefficient (Wildman–Crippen LogP) is 3.42. The molecule has 0 radical (unpaired) electrons. The zero-order chi connectivity index (χ0) is 54.2. The number of sulfone groups is 2. The fourth-order valence-corrected chi connectivity index (χ4v) is 11.7. The SMILES string of the molecule is Nc1c(N=Nc2ccc(S(=O)(=O)CCOS(=O)(=O)O)cc2S(=O)(=O)O)cc(N=Nc2ccc(S(=O)(=O)CCOS(=O)(=O)O)cc2S(=O)(=O)O)c(N)c1N=Nc1cc(S(=O)(=O)O)c2cccc(S(=O)(=O)O)c2c1. The molecule has 0 amide bonds. The highest BCUT2D eigenvalue weighted by Crippen LogP contribution is 2.46. The molecule has 0 unspecified atom stereocenters. The second kappa shape index (κ2) is 20.5. The average molecular weight is 1170 g/mol. The first kappa shape index (κ1) is 56.9. The Morgan fingerprint density at radius 1 is 0.403 bits per heavy atom. The molecule has 0 saturated carbocycles. The molecule has 0 spiro atoms. The van der Waals surface area contributed by atoms with Crippen LogP contribution in [0.4, 0.5) is 45.5 Å². The number of fused-ring (bicyclic) bond motifs is 1. The van der Waals surface area contributed by atoms with Crippen LogP contribution in [0.3, 0.4) is 0 Å². The van der Waals surface area contributed by atoms with Crippen LogP contribution in [0.2, 0.25) is 0 Å². The zero-order valence-corrected chi connectivity index (χ0v) is 41.4. The minimum absolute atomic E-state index is 0.368. The van der Waals surface area contributed by atoms with E-state index in [-0.39, 0.29) is 0 Å². The topological polar surface area (TPSA) is 539 Å². The first-order valence-corrected chi connectivity index (χ1v) is 30.0. The van der Waals surface area contributed by atoms with Crippen LogP contribution in [-0.2, 0) is 89.3 Å². The van der Waals surface area contributed by atoms with E-state index in [1.165, 1.54) is 0 Å². The maximum Gasteiger partial charge on any atom is 0.397 e. The third kappa shape index (κ3) is 14.4. The van der Waals surface area contributed by atoms with Crippen LogP contribution in [0, 0.1) is 0 Å². The van der Waals surface area contributed by atoms with Crippen molar-refractivity contribution in [1.29, 1.82) is 0 Å². The second-order valence-electron chi connectivity index (χ2n) is 13.8. The van der Waals surface area contributed by atoms with Gasteiger partial charge in [-0.3, -0.25) is 27.3 Å². The number of anilines is 2. The van der Waals surface area contributed by atoms with Crippen molar-refractivity contribution in [2.24, 2.45) is 30.7 Å². The summed E-state index contributed by atoms with van der Waals surface area (Å²) in [6, 6.07) is 8.79. The Hall–Kier alpha value is -5.96. The average Bonchev–Trinajstić information content (AvgIpc) is 3.22. The molecule has 0 bridgehead atoms. The van der Waals surface area contributed by atoms with Crippen molar-refractivity contribution < 1.29 is 103 Å². The first-order valence-electron chi connectivity index (χ1n) is 18.2. The molecule has 0 aliphatic carbocycles. The molecule has 390 valence electrons. The lowest BCUT2D eigenvalue weighted by Crippen LogP contribution is -2.16. The van der Waals surface area contributed by atoms with Crippen molar-refractivity contribution >= 4 is 137 Å². The number of benzene rings is 5. The van der Waals surface area contributed by atoms with E-state index in [0.717, 1.165) is 30.3 Å². The van der Waals surface area contributed by atoms with Gasteiger partial charge in [0.2, 0.25) is 0 Å². The quantitative estimate of drug-likeness (QED) is 0.0314. The highest BCUT2D eigenvalue weighted by Gasteiger charge is 2.26. The van der Waals surface area contributed by atoms with Crippen LogP contribution in [0.5, 0.6) is 0 Å². The van der Waals surface area contributed by atoms with Crippen LogP contribution in [0.15, 0.2) is 133 Å². The summed E-state index contributed by atoms with van der Waals surface area (Å²) in [5.74, 6) is -2.31. The Kier molecular flexibility index (Phi) is 16.2. The van der Waals surface area contributed by atoms with Gasteiger partial charge in [0.15, 0.2) is 19.7 Å². The Morgan fingerprint density at radius 2 is 0.806 bits per heavy atom. The van der Waals surface area contributed by atoms with Crippen molar-refractivity contribution in [3.05, 3.63) is 72.8 Å². The lowest BCUT2D eigenvalue weighted by molar-refractivity contribution is 0.282. The molecule has 10 N–H and O–H groups in total. The van der Waals surface area contributed by atoms with Crippen molar-refractivity contribution in [2.45, 2.75) is 29.4 Å². The van der Waals surface area contributed by atoms with Gasteiger partial charge in [-0.05, 0) is 60.7 Å². The molecule has 0 fully saturated rings. The smallest absolute Gasteiger partial charge is 0.395 e. The molecule has 72 heavy (non-hydrogen) atoms. The van der Waals surface area contributed by atoms with Crippen LogP contribution < -0.4 is 11.5 Å². The zero-order valence-electron chi connectivity index (χ0n) is 34.9. The van der Waals surface area contributed by atoms with Crippen LogP contribution in [0.25, 0.3) is 10.8 Å². The Morgan fingerprint density at radius 3 is 1.19 bits per heavy atom.